The number of hydrogen-bond acceptors (Lipinski definition) is 3. The molecule has 0 saturated carbocycles. The van der Waals surface area contributed by atoms with Gasteiger partial charge in [-0.2, -0.15) is 5.10 Å². The van der Waals surface area contributed by atoms with E-state index < -0.39 is 0 Å². The SMILES string of the molecule is Cc1cnn(CC2CCN(C(=O)[C@@H](C)N)CC2)c1. The van der Waals surface area contributed by atoms with Crippen LogP contribution >= 0.6 is 0 Å². The number of piperidine rings is 1. The molecule has 0 radical (unpaired) electrons. The van der Waals surface area contributed by atoms with E-state index in [4.69, 9.17) is 5.73 Å². The second-order valence-corrected chi connectivity index (χ2v) is 5.30. The average molecular weight is 250 g/mol. The summed E-state index contributed by atoms with van der Waals surface area (Å²) < 4.78 is 2.00. The summed E-state index contributed by atoms with van der Waals surface area (Å²) in [7, 11) is 0. The Balaban J connectivity index is 1.82. The van der Waals surface area contributed by atoms with Gasteiger partial charge in [0, 0.05) is 25.8 Å². The van der Waals surface area contributed by atoms with Crippen LogP contribution in [0.1, 0.15) is 25.3 Å². The van der Waals surface area contributed by atoms with Crippen molar-refractivity contribution in [3.63, 3.8) is 0 Å². The van der Waals surface area contributed by atoms with E-state index in [-0.39, 0.29) is 11.9 Å². The van der Waals surface area contributed by atoms with Crippen LogP contribution in [-0.4, -0.2) is 39.7 Å². The van der Waals surface area contributed by atoms with Gasteiger partial charge < -0.3 is 10.6 Å². The first-order chi connectivity index (χ1) is 8.56. The van der Waals surface area contributed by atoms with Crippen molar-refractivity contribution in [3.8, 4) is 0 Å². The molecule has 18 heavy (non-hydrogen) atoms. The van der Waals surface area contributed by atoms with Crippen molar-refractivity contribution in [2.24, 2.45) is 11.7 Å². The Bertz CT molecular complexity index is 405. The van der Waals surface area contributed by atoms with Crippen molar-refractivity contribution in [3.05, 3.63) is 18.0 Å². The van der Waals surface area contributed by atoms with E-state index in [0.717, 1.165) is 32.5 Å². The van der Waals surface area contributed by atoms with E-state index in [2.05, 4.69) is 11.3 Å². The molecule has 2 rings (SSSR count). The highest BCUT2D eigenvalue weighted by Gasteiger charge is 2.24. The van der Waals surface area contributed by atoms with Crippen LogP contribution in [0.4, 0.5) is 0 Å². The zero-order valence-electron chi connectivity index (χ0n) is 11.2. The van der Waals surface area contributed by atoms with Gasteiger partial charge in [-0.1, -0.05) is 0 Å². The largest absolute Gasteiger partial charge is 0.341 e. The molecule has 1 saturated heterocycles. The third-order valence-electron chi connectivity index (χ3n) is 3.52. The van der Waals surface area contributed by atoms with Gasteiger partial charge in [-0.25, -0.2) is 0 Å². The van der Waals surface area contributed by atoms with Crippen molar-refractivity contribution >= 4 is 5.91 Å². The molecule has 0 aliphatic carbocycles. The highest BCUT2D eigenvalue weighted by Crippen LogP contribution is 2.19. The lowest BCUT2D eigenvalue weighted by Gasteiger charge is -2.32. The zero-order chi connectivity index (χ0) is 13.1. The lowest BCUT2D eigenvalue weighted by molar-refractivity contribution is -0.133. The molecule has 5 heteroatoms. The number of nitrogens with two attached hydrogens (primary N) is 1. The Morgan fingerprint density at radius 2 is 2.22 bits per heavy atom. The first-order valence-corrected chi connectivity index (χ1v) is 6.59. The summed E-state index contributed by atoms with van der Waals surface area (Å²) in [6, 6.07) is -0.379. The van der Waals surface area contributed by atoms with E-state index in [1.807, 2.05) is 22.7 Å². The van der Waals surface area contributed by atoms with Crippen LogP contribution in [0.2, 0.25) is 0 Å². The molecule has 1 amide bonds. The number of carbonyl (C=O) groups is 1. The van der Waals surface area contributed by atoms with Crippen LogP contribution in [0, 0.1) is 12.8 Å². The number of amides is 1. The standard InChI is InChI=1S/C13H22N4O/c1-10-7-15-17(8-10)9-12-3-5-16(6-4-12)13(18)11(2)14/h7-8,11-12H,3-6,9,14H2,1-2H3/t11-/m1/s1. The molecule has 0 unspecified atom stereocenters. The molecule has 1 atom stereocenters. The molecule has 2 N–H and O–H groups in total. The van der Waals surface area contributed by atoms with Gasteiger partial charge in [-0.3, -0.25) is 9.48 Å². The molecule has 0 aromatic carbocycles. The van der Waals surface area contributed by atoms with Gasteiger partial charge in [0.15, 0.2) is 0 Å². The Morgan fingerprint density at radius 3 is 2.72 bits per heavy atom. The lowest BCUT2D eigenvalue weighted by atomic mass is 9.96. The van der Waals surface area contributed by atoms with Crippen LogP contribution in [0.3, 0.4) is 0 Å². The molecule has 5 nitrogen and oxygen atoms in total. The monoisotopic (exact) mass is 250 g/mol. The Hall–Kier alpha value is -1.36. The maximum Gasteiger partial charge on any atom is 0.239 e. The van der Waals surface area contributed by atoms with Gasteiger partial charge in [0.25, 0.3) is 0 Å². The fourth-order valence-electron chi connectivity index (χ4n) is 2.46. The first kappa shape index (κ1) is 13.1. The predicted molar refractivity (Wildman–Crippen MR) is 69.9 cm³/mol. The number of aromatic nitrogens is 2. The van der Waals surface area contributed by atoms with E-state index >= 15 is 0 Å². The minimum absolute atomic E-state index is 0.0726. The average Bonchev–Trinajstić information content (AvgIpc) is 2.75. The van der Waals surface area contributed by atoms with Crippen molar-refractivity contribution in [2.75, 3.05) is 13.1 Å². The van der Waals surface area contributed by atoms with Crippen LogP contribution in [-0.2, 0) is 11.3 Å². The van der Waals surface area contributed by atoms with Gasteiger partial charge in [-0.05, 0) is 38.2 Å². The van der Waals surface area contributed by atoms with Crippen LogP contribution in [0.5, 0.6) is 0 Å². The van der Waals surface area contributed by atoms with Gasteiger partial charge >= 0.3 is 0 Å². The second-order valence-electron chi connectivity index (χ2n) is 5.30. The summed E-state index contributed by atoms with van der Waals surface area (Å²) in [4.78, 5) is 13.6. The van der Waals surface area contributed by atoms with Crippen molar-refractivity contribution in [2.45, 2.75) is 39.3 Å². The van der Waals surface area contributed by atoms with E-state index in [1.54, 1.807) is 6.92 Å². The maximum atomic E-state index is 11.7. The minimum Gasteiger partial charge on any atom is -0.341 e. The van der Waals surface area contributed by atoms with Crippen LogP contribution in [0.15, 0.2) is 12.4 Å². The molecular weight excluding hydrogens is 228 g/mol. The van der Waals surface area contributed by atoms with Gasteiger partial charge in [0.2, 0.25) is 5.91 Å². The Labute approximate surface area is 108 Å². The van der Waals surface area contributed by atoms with Crippen molar-refractivity contribution in [1.29, 1.82) is 0 Å². The number of likely N-dealkylation sites (tertiary alicyclic amines) is 1. The third kappa shape index (κ3) is 3.10. The van der Waals surface area contributed by atoms with Gasteiger partial charge in [-0.15, -0.1) is 0 Å². The lowest BCUT2D eigenvalue weighted by Crippen LogP contribution is -2.46. The van der Waals surface area contributed by atoms with Crippen molar-refractivity contribution in [1.82, 2.24) is 14.7 Å². The van der Waals surface area contributed by atoms with Crippen molar-refractivity contribution < 1.29 is 4.79 Å². The fourth-order valence-corrected chi connectivity index (χ4v) is 2.46. The topological polar surface area (TPSA) is 64.2 Å². The molecule has 2 heterocycles. The normalized spacial score (nSPS) is 18.9. The van der Waals surface area contributed by atoms with E-state index in [9.17, 15) is 4.79 Å². The maximum absolute atomic E-state index is 11.7. The molecule has 1 aromatic heterocycles. The Morgan fingerprint density at radius 1 is 1.56 bits per heavy atom. The number of nitrogens with zero attached hydrogens (tertiary/aromatic N) is 3. The molecule has 100 valence electrons. The molecule has 1 fully saturated rings. The summed E-state index contributed by atoms with van der Waals surface area (Å²) in [5, 5.41) is 4.31. The Kier molecular flexibility index (Phi) is 4.01. The molecule has 1 aromatic rings. The van der Waals surface area contributed by atoms with E-state index in [1.165, 1.54) is 5.56 Å². The summed E-state index contributed by atoms with van der Waals surface area (Å²) in [5.74, 6) is 0.685. The molecule has 0 bridgehead atoms. The number of rotatable bonds is 3. The first-order valence-electron chi connectivity index (χ1n) is 6.59. The highest BCUT2D eigenvalue weighted by atomic mass is 16.2. The molecule has 1 aliphatic heterocycles. The van der Waals surface area contributed by atoms with Gasteiger partial charge in [0.05, 0.1) is 12.2 Å². The zero-order valence-corrected chi connectivity index (χ0v) is 11.2. The number of carbonyl (C=O) groups excluding carboxylic acids is 1. The van der Waals surface area contributed by atoms with Gasteiger partial charge in [0.1, 0.15) is 0 Å². The summed E-state index contributed by atoms with van der Waals surface area (Å²) in [6.07, 6.45) is 6.03. The summed E-state index contributed by atoms with van der Waals surface area (Å²) in [6.45, 7) is 6.40. The molecule has 0 spiro atoms. The molecular formula is C13H22N4O. The summed E-state index contributed by atoms with van der Waals surface area (Å²) >= 11 is 0. The third-order valence-corrected chi connectivity index (χ3v) is 3.52. The minimum atomic E-state index is -0.379. The highest BCUT2D eigenvalue weighted by molar-refractivity contribution is 5.81. The van der Waals surface area contributed by atoms with Crippen LogP contribution < -0.4 is 5.73 Å². The number of aryl methyl sites for hydroxylation is 1. The smallest absolute Gasteiger partial charge is 0.239 e. The predicted octanol–water partition coefficient (Wildman–Crippen LogP) is 0.777. The fraction of sp³-hybridized carbons (Fsp3) is 0.692. The van der Waals surface area contributed by atoms with E-state index in [0.29, 0.717) is 5.92 Å². The molecule has 1 aliphatic rings. The summed E-state index contributed by atoms with van der Waals surface area (Å²) in [5.41, 5.74) is 6.82. The quantitative estimate of drug-likeness (QED) is 0.862. The number of hydrogen-bond donors (Lipinski definition) is 1. The second kappa shape index (κ2) is 5.52. The van der Waals surface area contributed by atoms with Crippen LogP contribution in [0.25, 0.3) is 0 Å².